The zero-order valence-corrected chi connectivity index (χ0v) is 10.9. The molecule has 1 heterocycles. The molecule has 0 aliphatic rings. The first kappa shape index (κ1) is 13.2. The van der Waals surface area contributed by atoms with Crippen LogP contribution in [0.25, 0.3) is 0 Å². The van der Waals surface area contributed by atoms with Gasteiger partial charge in [-0.25, -0.2) is 4.39 Å². The molecule has 0 aromatic carbocycles. The van der Waals surface area contributed by atoms with Crippen LogP contribution < -0.4 is 0 Å². The summed E-state index contributed by atoms with van der Waals surface area (Å²) in [6.45, 7) is 3.26. The van der Waals surface area contributed by atoms with E-state index in [1.165, 1.54) is 4.68 Å². The van der Waals surface area contributed by atoms with Gasteiger partial charge in [-0.3, -0.25) is 9.48 Å². The minimum atomic E-state index is -0.623. The largest absolute Gasteiger partial charge is 0.465 e. The van der Waals surface area contributed by atoms with E-state index in [2.05, 4.69) is 21.0 Å². The Labute approximate surface area is 102 Å². The van der Waals surface area contributed by atoms with Crippen LogP contribution in [-0.4, -0.2) is 22.4 Å². The predicted molar refractivity (Wildman–Crippen MR) is 61.0 cm³/mol. The van der Waals surface area contributed by atoms with Crippen LogP contribution in [0.2, 0.25) is 0 Å². The van der Waals surface area contributed by atoms with Crippen LogP contribution in [0.3, 0.4) is 0 Å². The number of carbonyl (C=O) groups excluding carboxylic acids is 1. The average Bonchev–Trinajstić information content (AvgIpc) is 2.54. The molecular weight excluding hydrogens is 279 g/mol. The van der Waals surface area contributed by atoms with Crippen LogP contribution in [0.5, 0.6) is 0 Å². The van der Waals surface area contributed by atoms with E-state index in [1.54, 1.807) is 13.8 Å². The molecule has 0 bridgehead atoms. The standard InChI is InChI=1S/C10H14BrFN2O2/c1-3-16-10(15)6-14-9(4-11)7(2)8(5-12)13-14/h3-6H2,1-2H3. The van der Waals surface area contributed by atoms with Gasteiger partial charge in [-0.15, -0.1) is 0 Å². The first-order chi connectivity index (χ1) is 7.63. The molecule has 6 heteroatoms. The third kappa shape index (κ3) is 2.81. The van der Waals surface area contributed by atoms with Gasteiger partial charge >= 0.3 is 5.97 Å². The number of alkyl halides is 2. The van der Waals surface area contributed by atoms with Crippen LogP contribution in [0, 0.1) is 6.92 Å². The van der Waals surface area contributed by atoms with Crippen molar-refractivity contribution in [3.05, 3.63) is 17.0 Å². The highest BCUT2D eigenvalue weighted by Crippen LogP contribution is 2.17. The fourth-order valence-corrected chi connectivity index (χ4v) is 2.11. The maximum atomic E-state index is 12.6. The van der Waals surface area contributed by atoms with E-state index in [-0.39, 0.29) is 12.5 Å². The second-order valence-electron chi connectivity index (χ2n) is 3.25. The van der Waals surface area contributed by atoms with Crippen molar-refractivity contribution in [2.24, 2.45) is 0 Å². The summed E-state index contributed by atoms with van der Waals surface area (Å²) in [6, 6.07) is 0. The van der Waals surface area contributed by atoms with E-state index in [9.17, 15) is 9.18 Å². The smallest absolute Gasteiger partial charge is 0.327 e. The van der Waals surface area contributed by atoms with Gasteiger partial charge in [0.25, 0.3) is 0 Å². The number of halogens is 2. The maximum absolute atomic E-state index is 12.6. The number of esters is 1. The highest BCUT2D eigenvalue weighted by Gasteiger charge is 2.15. The molecule has 0 aliphatic carbocycles. The normalized spacial score (nSPS) is 10.5. The summed E-state index contributed by atoms with van der Waals surface area (Å²) in [5.41, 5.74) is 1.96. The molecule has 0 atom stereocenters. The van der Waals surface area contributed by atoms with Crippen LogP contribution >= 0.6 is 15.9 Å². The van der Waals surface area contributed by atoms with Gasteiger partial charge in [-0.05, 0) is 19.4 Å². The van der Waals surface area contributed by atoms with Crippen molar-refractivity contribution in [2.75, 3.05) is 6.61 Å². The SMILES string of the molecule is CCOC(=O)Cn1nc(CF)c(C)c1CBr. The molecule has 0 aliphatic heterocycles. The predicted octanol–water partition coefficient (Wildman–Crippen LogP) is 2.12. The van der Waals surface area contributed by atoms with Gasteiger partial charge in [0.15, 0.2) is 0 Å². The summed E-state index contributed by atoms with van der Waals surface area (Å²) >= 11 is 3.30. The van der Waals surface area contributed by atoms with Gasteiger partial charge in [0.2, 0.25) is 0 Å². The van der Waals surface area contributed by atoms with Gasteiger partial charge < -0.3 is 4.74 Å². The fraction of sp³-hybridized carbons (Fsp3) is 0.600. The molecule has 0 N–H and O–H groups in total. The number of hydrogen-bond acceptors (Lipinski definition) is 3. The van der Waals surface area contributed by atoms with E-state index < -0.39 is 6.67 Å². The van der Waals surface area contributed by atoms with Crippen molar-refractivity contribution in [3.8, 4) is 0 Å². The topological polar surface area (TPSA) is 44.1 Å². The lowest BCUT2D eigenvalue weighted by Crippen LogP contribution is -2.16. The van der Waals surface area contributed by atoms with E-state index in [0.29, 0.717) is 17.6 Å². The lowest BCUT2D eigenvalue weighted by Gasteiger charge is -2.05. The van der Waals surface area contributed by atoms with Crippen molar-refractivity contribution in [3.63, 3.8) is 0 Å². The van der Waals surface area contributed by atoms with Crippen molar-refractivity contribution < 1.29 is 13.9 Å². The average molecular weight is 293 g/mol. The molecule has 0 fully saturated rings. The Kier molecular flexibility index (Phi) is 4.92. The van der Waals surface area contributed by atoms with E-state index in [1.807, 2.05) is 0 Å². The van der Waals surface area contributed by atoms with Crippen LogP contribution in [0.1, 0.15) is 23.9 Å². The lowest BCUT2D eigenvalue weighted by molar-refractivity contribution is -0.144. The van der Waals surface area contributed by atoms with Crippen LogP contribution in [-0.2, 0) is 28.1 Å². The molecule has 1 rings (SSSR count). The molecule has 4 nitrogen and oxygen atoms in total. The van der Waals surface area contributed by atoms with Crippen LogP contribution in [0.4, 0.5) is 4.39 Å². The van der Waals surface area contributed by atoms with Gasteiger partial charge in [0, 0.05) is 5.33 Å². The van der Waals surface area contributed by atoms with E-state index >= 15 is 0 Å². The van der Waals surface area contributed by atoms with Crippen LogP contribution in [0.15, 0.2) is 0 Å². The molecule has 0 radical (unpaired) electrons. The molecule has 1 aromatic rings. The highest BCUT2D eigenvalue weighted by molar-refractivity contribution is 9.08. The minimum absolute atomic E-state index is 0.0234. The third-order valence-electron chi connectivity index (χ3n) is 2.26. The van der Waals surface area contributed by atoms with Crippen molar-refractivity contribution in [1.29, 1.82) is 0 Å². The number of rotatable bonds is 5. The number of carbonyl (C=O) groups is 1. The summed E-state index contributed by atoms with van der Waals surface area (Å²) in [5.74, 6) is -0.363. The zero-order valence-electron chi connectivity index (χ0n) is 9.30. The van der Waals surface area contributed by atoms with Gasteiger partial charge in [-0.1, -0.05) is 15.9 Å². The fourth-order valence-electron chi connectivity index (χ4n) is 1.40. The summed E-state index contributed by atoms with van der Waals surface area (Å²) in [5, 5.41) is 4.57. The molecular formula is C10H14BrFN2O2. The number of aromatic nitrogens is 2. The molecule has 0 saturated heterocycles. The second-order valence-corrected chi connectivity index (χ2v) is 3.81. The molecule has 90 valence electrons. The zero-order chi connectivity index (χ0) is 12.1. The Balaban J connectivity index is 2.90. The molecule has 16 heavy (non-hydrogen) atoms. The number of nitrogens with zero attached hydrogens (tertiary/aromatic N) is 2. The Hall–Kier alpha value is -0.910. The molecule has 0 spiro atoms. The minimum Gasteiger partial charge on any atom is -0.465 e. The Morgan fingerprint density at radius 2 is 2.31 bits per heavy atom. The maximum Gasteiger partial charge on any atom is 0.327 e. The second kappa shape index (κ2) is 5.98. The lowest BCUT2D eigenvalue weighted by atomic mass is 10.2. The monoisotopic (exact) mass is 292 g/mol. The molecule has 0 amide bonds. The van der Waals surface area contributed by atoms with Gasteiger partial charge in [0.05, 0.1) is 18.0 Å². The Bertz CT molecular complexity index is 379. The Morgan fingerprint density at radius 3 is 2.81 bits per heavy atom. The highest BCUT2D eigenvalue weighted by atomic mass is 79.9. The number of hydrogen-bond donors (Lipinski definition) is 0. The molecule has 0 saturated carbocycles. The quantitative estimate of drug-likeness (QED) is 0.617. The van der Waals surface area contributed by atoms with E-state index in [0.717, 1.165) is 11.3 Å². The van der Waals surface area contributed by atoms with E-state index in [4.69, 9.17) is 4.74 Å². The molecule has 1 aromatic heterocycles. The van der Waals surface area contributed by atoms with Crippen molar-refractivity contribution in [2.45, 2.75) is 32.4 Å². The van der Waals surface area contributed by atoms with Gasteiger partial charge in [0.1, 0.15) is 13.2 Å². The summed E-state index contributed by atoms with van der Waals surface area (Å²) < 4.78 is 18.9. The first-order valence-corrected chi connectivity index (χ1v) is 6.08. The summed E-state index contributed by atoms with van der Waals surface area (Å²) in [6.07, 6.45) is 0. The third-order valence-corrected chi connectivity index (χ3v) is 2.79. The van der Waals surface area contributed by atoms with Crippen molar-refractivity contribution in [1.82, 2.24) is 9.78 Å². The number of ether oxygens (including phenoxy) is 1. The summed E-state index contributed by atoms with van der Waals surface area (Å²) in [4.78, 5) is 11.3. The van der Waals surface area contributed by atoms with Gasteiger partial charge in [-0.2, -0.15) is 5.10 Å². The molecule has 0 unspecified atom stereocenters. The first-order valence-electron chi connectivity index (χ1n) is 4.96. The van der Waals surface area contributed by atoms with Crippen molar-refractivity contribution >= 4 is 21.9 Å². The summed E-state index contributed by atoms with van der Waals surface area (Å²) in [7, 11) is 0. The Morgan fingerprint density at radius 1 is 1.62 bits per heavy atom.